The Bertz CT molecular complexity index is 470. The standard InChI is InChI=1S/C11H18N4OS/c1-5-8(6-16-4)12-11-13-10-9(17-11)7(2)14-15(10)3/h8H,5-6H2,1-4H3,(H,12,13). The molecule has 1 atom stereocenters. The van der Waals surface area contributed by atoms with E-state index in [1.807, 2.05) is 18.7 Å². The molecule has 0 amide bonds. The van der Waals surface area contributed by atoms with Gasteiger partial charge in [-0.3, -0.25) is 0 Å². The molecule has 2 heterocycles. The quantitative estimate of drug-likeness (QED) is 0.888. The van der Waals surface area contributed by atoms with E-state index in [9.17, 15) is 0 Å². The first-order chi connectivity index (χ1) is 8.15. The van der Waals surface area contributed by atoms with Crippen LogP contribution in [-0.2, 0) is 11.8 Å². The third-order valence-corrected chi connectivity index (χ3v) is 3.82. The molecule has 94 valence electrons. The van der Waals surface area contributed by atoms with Gasteiger partial charge in [0.1, 0.15) is 0 Å². The average molecular weight is 254 g/mol. The van der Waals surface area contributed by atoms with E-state index < -0.39 is 0 Å². The molecule has 0 aromatic carbocycles. The number of aromatic nitrogens is 3. The topological polar surface area (TPSA) is 52.0 Å². The van der Waals surface area contributed by atoms with Gasteiger partial charge in [0.15, 0.2) is 10.8 Å². The van der Waals surface area contributed by atoms with Crippen molar-refractivity contribution in [2.24, 2.45) is 7.05 Å². The smallest absolute Gasteiger partial charge is 0.185 e. The molecule has 0 saturated carbocycles. The van der Waals surface area contributed by atoms with E-state index in [0.717, 1.165) is 27.6 Å². The lowest BCUT2D eigenvalue weighted by Crippen LogP contribution is -2.23. The highest BCUT2D eigenvalue weighted by atomic mass is 32.1. The predicted octanol–water partition coefficient (Wildman–Crippen LogP) is 2.18. The van der Waals surface area contributed by atoms with E-state index in [1.165, 1.54) is 0 Å². The first kappa shape index (κ1) is 12.3. The largest absolute Gasteiger partial charge is 0.383 e. The molecule has 0 radical (unpaired) electrons. The zero-order valence-corrected chi connectivity index (χ0v) is 11.5. The first-order valence-corrected chi connectivity index (χ1v) is 6.53. The van der Waals surface area contributed by atoms with E-state index in [2.05, 4.69) is 22.3 Å². The van der Waals surface area contributed by atoms with Crippen LogP contribution in [0, 0.1) is 6.92 Å². The summed E-state index contributed by atoms with van der Waals surface area (Å²) in [4.78, 5) is 4.56. The van der Waals surface area contributed by atoms with Crippen LogP contribution in [0.4, 0.5) is 5.13 Å². The number of hydrogen-bond donors (Lipinski definition) is 1. The molecule has 0 aliphatic carbocycles. The number of rotatable bonds is 5. The average Bonchev–Trinajstić information content (AvgIpc) is 2.81. The van der Waals surface area contributed by atoms with Gasteiger partial charge in [-0.1, -0.05) is 18.3 Å². The van der Waals surface area contributed by atoms with Crippen LogP contribution >= 0.6 is 11.3 Å². The molecule has 6 heteroatoms. The van der Waals surface area contributed by atoms with Crippen LogP contribution in [-0.4, -0.2) is 34.5 Å². The monoisotopic (exact) mass is 254 g/mol. The summed E-state index contributed by atoms with van der Waals surface area (Å²) in [6.07, 6.45) is 1.01. The van der Waals surface area contributed by atoms with Crippen molar-refractivity contribution in [3.63, 3.8) is 0 Å². The molecular formula is C11H18N4OS. The summed E-state index contributed by atoms with van der Waals surface area (Å²) in [5, 5.41) is 8.68. The number of nitrogens with one attached hydrogen (secondary N) is 1. The minimum atomic E-state index is 0.314. The van der Waals surface area contributed by atoms with Gasteiger partial charge in [0.05, 0.1) is 23.0 Å². The lowest BCUT2D eigenvalue weighted by Gasteiger charge is -2.14. The normalized spacial score (nSPS) is 13.2. The van der Waals surface area contributed by atoms with Crippen LogP contribution in [0.3, 0.4) is 0 Å². The Hall–Kier alpha value is -1.14. The maximum atomic E-state index is 5.17. The number of hydrogen-bond acceptors (Lipinski definition) is 5. The molecule has 2 aromatic heterocycles. The fraction of sp³-hybridized carbons (Fsp3) is 0.636. The minimum absolute atomic E-state index is 0.314. The van der Waals surface area contributed by atoms with E-state index in [-0.39, 0.29) is 0 Å². The summed E-state index contributed by atoms with van der Waals surface area (Å²) in [5.41, 5.74) is 1.98. The highest BCUT2D eigenvalue weighted by Gasteiger charge is 2.14. The van der Waals surface area contributed by atoms with Gasteiger partial charge in [-0.15, -0.1) is 0 Å². The second-order valence-electron chi connectivity index (χ2n) is 4.09. The van der Waals surface area contributed by atoms with Crippen molar-refractivity contribution >= 4 is 26.8 Å². The Kier molecular flexibility index (Phi) is 3.63. The van der Waals surface area contributed by atoms with Gasteiger partial charge in [0.25, 0.3) is 0 Å². The second-order valence-corrected chi connectivity index (χ2v) is 5.08. The van der Waals surface area contributed by atoms with Crippen molar-refractivity contribution in [1.29, 1.82) is 0 Å². The fourth-order valence-corrected chi connectivity index (χ4v) is 2.79. The lowest BCUT2D eigenvalue weighted by molar-refractivity contribution is 0.184. The molecular weight excluding hydrogens is 236 g/mol. The van der Waals surface area contributed by atoms with E-state index in [0.29, 0.717) is 12.6 Å². The summed E-state index contributed by atoms with van der Waals surface area (Å²) in [6, 6.07) is 0.314. The Morgan fingerprint density at radius 1 is 1.53 bits per heavy atom. The minimum Gasteiger partial charge on any atom is -0.383 e. The molecule has 0 spiro atoms. The zero-order valence-electron chi connectivity index (χ0n) is 10.6. The number of methoxy groups -OCH3 is 1. The summed E-state index contributed by atoms with van der Waals surface area (Å²) >= 11 is 1.65. The molecule has 17 heavy (non-hydrogen) atoms. The Morgan fingerprint density at radius 2 is 2.29 bits per heavy atom. The molecule has 5 nitrogen and oxygen atoms in total. The van der Waals surface area contributed by atoms with Crippen LogP contribution in [0.15, 0.2) is 0 Å². The van der Waals surface area contributed by atoms with Gasteiger partial charge in [-0.05, 0) is 13.3 Å². The molecule has 0 fully saturated rings. The van der Waals surface area contributed by atoms with Gasteiger partial charge in [-0.2, -0.15) is 5.10 Å². The summed E-state index contributed by atoms with van der Waals surface area (Å²) in [7, 11) is 3.64. The summed E-state index contributed by atoms with van der Waals surface area (Å²) in [6.45, 7) is 4.84. The van der Waals surface area contributed by atoms with Gasteiger partial charge < -0.3 is 10.1 Å². The number of ether oxygens (including phenoxy) is 1. The third-order valence-electron chi connectivity index (χ3n) is 2.73. The van der Waals surface area contributed by atoms with Crippen LogP contribution < -0.4 is 5.32 Å². The van der Waals surface area contributed by atoms with E-state index in [1.54, 1.807) is 18.4 Å². The molecule has 0 bridgehead atoms. The van der Waals surface area contributed by atoms with Gasteiger partial charge >= 0.3 is 0 Å². The van der Waals surface area contributed by atoms with Crippen LogP contribution in [0.2, 0.25) is 0 Å². The van der Waals surface area contributed by atoms with Crippen molar-refractivity contribution < 1.29 is 4.74 Å². The zero-order chi connectivity index (χ0) is 12.4. The van der Waals surface area contributed by atoms with Gasteiger partial charge in [-0.25, -0.2) is 9.67 Å². The molecule has 2 rings (SSSR count). The molecule has 1 unspecified atom stereocenters. The van der Waals surface area contributed by atoms with Crippen molar-refractivity contribution in [3.05, 3.63) is 5.69 Å². The molecule has 0 aliphatic heterocycles. The highest BCUT2D eigenvalue weighted by molar-refractivity contribution is 7.22. The Labute approximate surface area is 105 Å². The van der Waals surface area contributed by atoms with Crippen molar-refractivity contribution in [3.8, 4) is 0 Å². The molecule has 0 saturated heterocycles. The van der Waals surface area contributed by atoms with Gasteiger partial charge in [0, 0.05) is 14.2 Å². The van der Waals surface area contributed by atoms with E-state index >= 15 is 0 Å². The highest BCUT2D eigenvalue weighted by Crippen LogP contribution is 2.28. The Morgan fingerprint density at radius 3 is 2.88 bits per heavy atom. The van der Waals surface area contributed by atoms with Crippen molar-refractivity contribution in [2.45, 2.75) is 26.3 Å². The van der Waals surface area contributed by atoms with Gasteiger partial charge in [0.2, 0.25) is 0 Å². The predicted molar refractivity (Wildman–Crippen MR) is 70.7 cm³/mol. The molecule has 1 N–H and O–H groups in total. The second kappa shape index (κ2) is 5.01. The van der Waals surface area contributed by atoms with Crippen molar-refractivity contribution in [1.82, 2.24) is 14.8 Å². The number of fused-ring (bicyclic) bond motifs is 1. The van der Waals surface area contributed by atoms with Crippen LogP contribution in [0.1, 0.15) is 19.0 Å². The van der Waals surface area contributed by atoms with Crippen LogP contribution in [0.5, 0.6) is 0 Å². The third kappa shape index (κ3) is 2.42. The summed E-state index contributed by atoms with van der Waals surface area (Å²) in [5.74, 6) is 0. The molecule has 0 aliphatic rings. The maximum Gasteiger partial charge on any atom is 0.185 e. The number of nitrogens with zero attached hydrogens (tertiary/aromatic N) is 3. The lowest BCUT2D eigenvalue weighted by atomic mass is 10.2. The number of aryl methyl sites for hydroxylation is 2. The maximum absolute atomic E-state index is 5.17. The van der Waals surface area contributed by atoms with Crippen LogP contribution in [0.25, 0.3) is 10.3 Å². The Balaban J connectivity index is 2.21. The number of anilines is 1. The van der Waals surface area contributed by atoms with E-state index in [4.69, 9.17) is 4.74 Å². The SMILES string of the molecule is CCC(COC)Nc1nc2c(s1)c(C)nn2C. The molecule has 2 aromatic rings. The first-order valence-electron chi connectivity index (χ1n) is 5.71. The number of thiazole rings is 1. The fourth-order valence-electron chi connectivity index (χ4n) is 1.78. The summed E-state index contributed by atoms with van der Waals surface area (Å²) < 4.78 is 8.14. The van der Waals surface area contributed by atoms with Crippen molar-refractivity contribution in [2.75, 3.05) is 19.0 Å².